The molecule has 1 aliphatic heterocycles. The van der Waals surface area contributed by atoms with Crippen LogP contribution in [0.15, 0.2) is 41.8 Å². The van der Waals surface area contributed by atoms with Crippen molar-refractivity contribution < 1.29 is 14.0 Å². The van der Waals surface area contributed by atoms with Crippen molar-refractivity contribution in [2.45, 2.75) is 20.8 Å². The Hall–Kier alpha value is -3.14. The molecule has 1 aliphatic rings. The summed E-state index contributed by atoms with van der Waals surface area (Å²) in [4.78, 5) is 33.6. The molecule has 9 heteroatoms. The summed E-state index contributed by atoms with van der Waals surface area (Å²) in [6.45, 7) is 9.57. The molecule has 0 aliphatic carbocycles. The van der Waals surface area contributed by atoms with Crippen LogP contribution in [0.3, 0.4) is 0 Å². The highest BCUT2D eigenvalue weighted by molar-refractivity contribution is 7.14. The summed E-state index contributed by atoms with van der Waals surface area (Å²) in [5, 5.41) is 8.29. The fraction of sp³-hybridized carbons (Fsp3) is 0.346. The number of carbonyl (C=O) groups excluding carboxylic acids is 2. The SMILES string of the molecule is Cc1cc(C)c(-c2csc(NC(=O)CN3CCN(CC(=O)Nc4ccc(F)cc4)CC3)n2)c(C)c1. The van der Waals surface area contributed by atoms with Gasteiger partial charge in [-0.05, 0) is 56.2 Å². The largest absolute Gasteiger partial charge is 0.325 e. The van der Waals surface area contributed by atoms with E-state index in [-0.39, 0.29) is 30.7 Å². The number of anilines is 2. The molecular formula is C26H30FN5O2S. The van der Waals surface area contributed by atoms with Gasteiger partial charge in [0.25, 0.3) is 0 Å². The van der Waals surface area contributed by atoms with E-state index in [2.05, 4.69) is 53.4 Å². The number of halogens is 1. The monoisotopic (exact) mass is 495 g/mol. The highest BCUT2D eigenvalue weighted by Gasteiger charge is 2.21. The number of piperazine rings is 1. The van der Waals surface area contributed by atoms with Crippen LogP contribution < -0.4 is 10.6 Å². The zero-order valence-electron chi connectivity index (χ0n) is 20.2. The molecule has 0 saturated carbocycles. The summed E-state index contributed by atoms with van der Waals surface area (Å²) >= 11 is 1.43. The lowest BCUT2D eigenvalue weighted by Crippen LogP contribution is -2.50. The first-order chi connectivity index (χ1) is 16.8. The van der Waals surface area contributed by atoms with Gasteiger partial charge in [-0.15, -0.1) is 11.3 Å². The van der Waals surface area contributed by atoms with Crippen LogP contribution in [0.25, 0.3) is 11.3 Å². The Bertz CT molecular complexity index is 1180. The molecule has 2 aromatic carbocycles. The summed E-state index contributed by atoms with van der Waals surface area (Å²) < 4.78 is 13.0. The normalized spacial score (nSPS) is 14.6. The van der Waals surface area contributed by atoms with E-state index in [1.54, 1.807) is 0 Å². The molecule has 0 atom stereocenters. The molecule has 35 heavy (non-hydrogen) atoms. The van der Waals surface area contributed by atoms with E-state index in [4.69, 9.17) is 0 Å². The Balaban J connectivity index is 1.23. The molecule has 0 spiro atoms. The maximum Gasteiger partial charge on any atom is 0.240 e. The Morgan fingerprint density at radius 3 is 2.03 bits per heavy atom. The minimum atomic E-state index is -0.338. The molecule has 1 aromatic heterocycles. The van der Waals surface area contributed by atoms with Crippen molar-refractivity contribution in [3.05, 3.63) is 64.3 Å². The van der Waals surface area contributed by atoms with Crippen LogP contribution in [0.5, 0.6) is 0 Å². The lowest BCUT2D eigenvalue weighted by molar-refractivity contribution is -0.120. The summed E-state index contributed by atoms with van der Waals surface area (Å²) in [5.41, 5.74) is 6.15. The smallest absolute Gasteiger partial charge is 0.240 e. The Kier molecular flexibility index (Phi) is 7.90. The third-order valence-electron chi connectivity index (χ3n) is 6.01. The average Bonchev–Trinajstić information content (AvgIpc) is 3.23. The highest BCUT2D eigenvalue weighted by Crippen LogP contribution is 2.31. The van der Waals surface area contributed by atoms with E-state index in [0.29, 0.717) is 37.0 Å². The van der Waals surface area contributed by atoms with Crippen LogP contribution in [0.2, 0.25) is 0 Å². The topological polar surface area (TPSA) is 77.6 Å². The fourth-order valence-corrected chi connectivity index (χ4v) is 5.15. The van der Waals surface area contributed by atoms with Gasteiger partial charge in [-0.3, -0.25) is 19.4 Å². The third kappa shape index (κ3) is 6.72. The van der Waals surface area contributed by atoms with Gasteiger partial charge in [-0.2, -0.15) is 0 Å². The maximum absolute atomic E-state index is 13.0. The van der Waals surface area contributed by atoms with Gasteiger partial charge in [0.05, 0.1) is 18.8 Å². The van der Waals surface area contributed by atoms with Crippen molar-refractivity contribution >= 4 is 34.0 Å². The van der Waals surface area contributed by atoms with E-state index in [9.17, 15) is 14.0 Å². The molecule has 2 heterocycles. The van der Waals surface area contributed by atoms with Crippen molar-refractivity contribution in [2.75, 3.05) is 49.9 Å². The van der Waals surface area contributed by atoms with Crippen molar-refractivity contribution in [1.82, 2.24) is 14.8 Å². The van der Waals surface area contributed by atoms with Gasteiger partial charge in [-0.1, -0.05) is 17.7 Å². The van der Waals surface area contributed by atoms with Crippen molar-refractivity contribution in [2.24, 2.45) is 0 Å². The predicted molar refractivity (Wildman–Crippen MR) is 138 cm³/mol. The predicted octanol–water partition coefficient (Wildman–Crippen LogP) is 4.07. The number of aromatic nitrogens is 1. The van der Waals surface area contributed by atoms with E-state index in [0.717, 1.165) is 11.3 Å². The van der Waals surface area contributed by atoms with Crippen LogP contribution >= 0.6 is 11.3 Å². The quantitative estimate of drug-likeness (QED) is 0.517. The number of hydrogen-bond donors (Lipinski definition) is 2. The van der Waals surface area contributed by atoms with Crippen LogP contribution in [0.4, 0.5) is 15.2 Å². The molecule has 0 bridgehead atoms. The number of hydrogen-bond acceptors (Lipinski definition) is 6. The maximum atomic E-state index is 13.0. The van der Waals surface area contributed by atoms with Crippen LogP contribution in [-0.2, 0) is 9.59 Å². The van der Waals surface area contributed by atoms with Crippen LogP contribution in [0, 0.1) is 26.6 Å². The summed E-state index contributed by atoms with van der Waals surface area (Å²) in [7, 11) is 0. The zero-order valence-corrected chi connectivity index (χ0v) is 21.0. The summed E-state index contributed by atoms with van der Waals surface area (Å²) in [6, 6.07) is 10.0. The number of rotatable bonds is 7. The molecule has 0 unspecified atom stereocenters. The number of thiazole rings is 1. The van der Waals surface area contributed by atoms with Gasteiger partial charge >= 0.3 is 0 Å². The van der Waals surface area contributed by atoms with Crippen LogP contribution in [-0.4, -0.2) is 65.9 Å². The van der Waals surface area contributed by atoms with E-state index in [1.165, 1.54) is 52.3 Å². The summed E-state index contributed by atoms with van der Waals surface area (Å²) in [5.74, 6) is -0.568. The van der Waals surface area contributed by atoms with Crippen molar-refractivity contribution in [1.29, 1.82) is 0 Å². The first-order valence-electron chi connectivity index (χ1n) is 11.6. The van der Waals surface area contributed by atoms with E-state index >= 15 is 0 Å². The molecule has 1 fully saturated rings. The molecule has 1 saturated heterocycles. The van der Waals surface area contributed by atoms with Gasteiger partial charge in [-0.25, -0.2) is 9.37 Å². The van der Waals surface area contributed by atoms with Crippen molar-refractivity contribution in [3.8, 4) is 11.3 Å². The van der Waals surface area contributed by atoms with Crippen molar-refractivity contribution in [3.63, 3.8) is 0 Å². The standard InChI is InChI=1S/C26H30FN5O2S/c1-17-12-18(2)25(19(3)13-17)22-16-35-26(29-22)30-24(34)15-32-10-8-31(9-11-32)14-23(33)28-21-6-4-20(27)5-7-21/h4-7,12-13,16H,8-11,14-15H2,1-3H3,(H,28,33)(H,29,30,34). The molecule has 0 radical (unpaired) electrons. The number of aryl methyl sites for hydroxylation is 3. The lowest BCUT2D eigenvalue weighted by atomic mass is 9.98. The first-order valence-corrected chi connectivity index (χ1v) is 12.5. The average molecular weight is 496 g/mol. The molecule has 3 aromatic rings. The molecule has 2 N–H and O–H groups in total. The minimum absolute atomic E-state index is 0.0919. The number of carbonyl (C=O) groups is 2. The Morgan fingerprint density at radius 2 is 1.46 bits per heavy atom. The van der Waals surface area contributed by atoms with Gasteiger partial charge in [0.1, 0.15) is 5.82 Å². The number of nitrogens with one attached hydrogen (secondary N) is 2. The number of nitrogens with zero attached hydrogens (tertiary/aromatic N) is 3. The molecule has 2 amide bonds. The van der Waals surface area contributed by atoms with E-state index in [1.807, 2.05) is 10.3 Å². The fourth-order valence-electron chi connectivity index (χ4n) is 4.43. The number of benzene rings is 2. The third-order valence-corrected chi connectivity index (χ3v) is 6.77. The Labute approximate surface area is 209 Å². The number of amides is 2. The second-order valence-electron chi connectivity index (χ2n) is 8.97. The van der Waals surface area contributed by atoms with Gasteiger partial charge in [0.15, 0.2) is 5.13 Å². The Morgan fingerprint density at radius 1 is 0.914 bits per heavy atom. The van der Waals surface area contributed by atoms with E-state index < -0.39 is 0 Å². The van der Waals surface area contributed by atoms with Crippen LogP contribution in [0.1, 0.15) is 16.7 Å². The lowest BCUT2D eigenvalue weighted by Gasteiger charge is -2.33. The summed E-state index contributed by atoms with van der Waals surface area (Å²) in [6.07, 6.45) is 0. The second-order valence-corrected chi connectivity index (χ2v) is 9.83. The zero-order chi connectivity index (χ0) is 24.9. The highest BCUT2D eigenvalue weighted by atomic mass is 32.1. The van der Waals surface area contributed by atoms with Gasteiger partial charge in [0, 0.05) is 42.8 Å². The minimum Gasteiger partial charge on any atom is -0.325 e. The molecular weight excluding hydrogens is 465 g/mol. The first kappa shape index (κ1) is 25.0. The molecule has 184 valence electrons. The molecule has 4 rings (SSSR count). The van der Waals surface area contributed by atoms with Gasteiger partial charge in [0.2, 0.25) is 11.8 Å². The second kappa shape index (κ2) is 11.1. The van der Waals surface area contributed by atoms with Gasteiger partial charge < -0.3 is 10.6 Å². The molecule has 7 nitrogen and oxygen atoms in total.